The van der Waals surface area contributed by atoms with Gasteiger partial charge in [-0.3, -0.25) is 14.7 Å². The molecule has 1 aromatic carbocycles. The molecule has 3 N–H and O–H groups in total. The number of nitro groups is 1. The van der Waals surface area contributed by atoms with Gasteiger partial charge in [-0.1, -0.05) is 31.9 Å². The molecule has 0 bridgehead atoms. The van der Waals surface area contributed by atoms with Crippen LogP contribution in [0.2, 0.25) is 0 Å². The maximum atomic E-state index is 10.7. The van der Waals surface area contributed by atoms with Gasteiger partial charge in [-0.15, -0.1) is 0 Å². The fourth-order valence-electron chi connectivity index (χ4n) is 1.72. The minimum absolute atomic E-state index is 0.393. The fraction of sp³-hybridized carbons (Fsp3) is 0.538. The van der Waals surface area contributed by atoms with Gasteiger partial charge in [0.15, 0.2) is 5.85 Å². The summed E-state index contributed by atoms with van der Waals surface area (Å²) in [6.07, 6.45) is 4.29. The first-order valence-corrected chi connectivity index (χ1v) is 9.58. The van der Waals surface area contributed by atoms with E-state index in [9.17, 15) is 19.8 Å². The lowest BCUT2D eigenvalue weighted by molar-refractivity contribution is -0.386. The first-order chi connectivity index (χ1) is 10.3. The predicted octanol–water partition coefficient (Wildman–Crippen LogP) is 3.06. The summed E-state index contributed by atoms with van der Waals surface area (Å²) in [6, 6.07) is 4.85. The molecule has 0 aliphatic carbocycles. The lowest BCUT2D eigenvalue weighted by Crippen LogP contribution is -2.02. The zero-order valence-electron chi connectivity index (χ0n) is 12.2. The van der Waals surface area contributed by atoms with Crippen LogP contribution in [0.25, 0.3) is 0 Å². The summed E-state index contributed by atoms with van der Waals surface area (Å²) in [5.74, 6) is -0.723. The van der Waals surface area contributed by atoms with E-state index in [1.165, 1.54) is 37.1 Å². The third-order valence-electron chi connectivity index (χ3n) is 3.01. The lowest BCUT2D eigenvalue weighted by Gasteiger charge is -2.12. The summed E-state index contributed by atoms with van der Waals surface area (Å²) in [5.41, 5.74) is -0.913. The Bertz CT molecular complexity index is 545. The average Bonchev–Trinajstić information content (AvgIpc) is 3.28. The van der Waals surface area contributed by atoms with Gasteiger partial charge in [-0.2, -0.15) is 11.8 Å². The van der Waals surface area contributed by atoms with Crippen LogP contribution >= 0.6 is 19.4 Å². The summed E-state index contributed by atoms with van der Waals surface area (Å²) in [7, 11) is -4.79. The van der Waals surface area contributed by atoms with E-state index < -0.39 is 29.6 Å². The molecule has 1 saturated heterocycles. The van der Waals surface area contributed by atoms with Crippen molar-refractivity contribution in [3.63, 3.8) is 0 Å². The Morgan fingerprint density at radius 1 is 1.45 bits per heavy atom. The summed E-state index contributed by atoms with van der Waals surface area (Å²) in [5, 5.41) is 20.8. The highest BCUT2D eigenvalue weighted by atomic mass is 32.2. The number of aliphatic hydroxyl groups is 1. The standard InChI is InChI=1S/C7H8NO6P.C6H12S/c9-7(15(12,13)14)5-3-1-2-4-6(5)8(10)11;1-2-3-4-6-5-7-6/h1-4,7,9H,(H2,12,13,14);6H,2-5H2,1H3. The molecule has 1 heterocycles. The average molecular weight is 349 g/mol. The van der Waals surface area contributed by atoms with Gasteiger partial charge in [0.2, 0.25) is 0 Å². The van der Waals surface area contributed by atoms with Crippen molar-refractivity contribution in [2.75, 3.05) is 5.75 Å². The number of thioether (sulfide) groups is 1. The molecule has 1 aliphatic heterocycles. The number of benzene rings is 1. The Labute approximate surface area is 133 Å². The molecule has 124 valence electrons. The predicted molar refractivity (Wildman–Crippen MR) is 85.9 cm³/mol. The fourth-order valence-corrected chi connectivity index (χ4v) is 2.94. The summed E-state index contributed by atoms with van der Waals surface area (Å²) in [6.45, 7) is 2.26. The van der Waals surface area contributed by atoms with E-state index in [4.69, 9.17) is 9.79 Å². The second-order valence-electron chi connectivity index (χ2n) is 4.88. The monoisotopic (exact) mass is 349 g/mol. The number of unbranched alkanes of at least 4 members (excludes halogenated alkanes) is 1. The number of nitrogens with zero attached hydrogens (tertiary/aromatic N) is 1. The zero-order chi connectivity index (χ0) is 16.8. The highest BCUT2D eigenvalue weighted by molar-refractivity contribution is 8.06. The molecular formula is C13H20NO6PS. The molecule has 0 radical (unpaired) electrons. The van der Waals surface area contributed by atoms with Crippen molar-refractivity contribution < 1.29 is 24.4 Å². The van der Waals surface area contributed by atoms with E-state index >= 15 is 0 Å². The topological polar surface area (TPSA) is 121 Å². The second kappa shape index (κ2) is 8.64. The highest BCUT2D eigenvalue weighted by Gasteiger charge is 2.33. The van der Waals surface area contributed by atoms with Gasteiger partial charge >= 0.3 is 7.60 Å². The van der Waals surface area contributed by atoms with Crippen molar-refractivity contribution in [3.8, 4) is 0 Å². The van der Waals surface area contributed by atoms with Gasteiger partial charge in [0.25, 0.3) is 5.69 Å². The van der Waals surface area contributed by atoms with E-state index in [2.05, 4.69) is 18.7 Å². The van der Waals surface area contributed by atoms with Crippen molar-refractivity contribution in [1.29, 1.82) is 0 Å². The minimum Gasteiger partial charge on any atom is -0.376 e. The van der Waals surface area contributed by atoms with Crippen LogP contribution in [0.5, 0.6) is 0 Å². The van der Waals surface area contributed by atoms with Gasteiger partial charge in [0.05, 0.1) is 10.5 Å². The number of nitro benzene ring substituents is 1. The maximum absolute atomic E-state index is 10.7. The van der Waals surface area contributed by atoms with Crippen molar-refractivity contribution in [3.05, 3.63) is 39.9 Å². The quantitative estimate of drug-likeness (QED) is 0.312. The van der Waals surface area contributed by atoms with Crippen LogP contribution in [0.3, 0.4) is 0 Å². The Hall–Kier alpha value is -0.920. The smallest absolute Gasteiger partial charge is 0.358 e. The van der Waals surface area contributed by atoms with Crippen LogP contribution in [-0.2, 0) is 4.57 Å². The molecule has 1 aliphatic rings. The van der Waals surface area contributed by atoms with E-state index in [0.717, 1.165) is 17.4 Å². The van der Waals surface area contributed by atoms with Crippen LogP contribution in [0.15, 0.2) is 24.3 Å². The molecule has 22 heavy (non-hydrogen) atoms. The minimum atomic E-state index is -4.79. The van der Waals surface area contributed by atoms with Crippen molar-refractivity contribution in [2.45, 2.75) is 37.3 Å². The molecule has 1 fully saturated rings. The molecule has 2 rings (SSSR count). The van der Waals surface area contributed by atoms with Crippen LogP contribution in [0.4, 0.5) is 5.69 Å². The van der Waals surface area contributed by atoms with E-state index in [1.807, 2.05) is 0 Å². The normalized spacial score (nSPS) is 18.1. The summed E-state index contributed by atoms with van der Waals surface area (Å²) < 4.78 is 10.7. The van der Waals surface area contributed by atoms with Crippen molar-refractivity contribution in [2.24, 2.45) is 0 Å². The Kier molecular flexibility index (Phi) is 7.52. The zero-order valence-corrected chi connectivity index (χ0v) is 13.9. The number of hydrogen-bond acceptors (Lipinski definition) is 5. The third kappa shape index (κ3) is 6.46. The second-order valence-corrected chi connectivity index (χ2v) is 7.88. The third-order valence-corrected chi connectivity index (χ3v) is 4.97. The first-order valence-electron chi connectivity index (χ1n) is 6.85. The van der Waals surface area contributed by atoms with Gasteiger partial charge in [0, 0.05) is 17.1 Å². The van der Waals surface area contributed by atoms with Gasteiger partial charge < -0.3 is 14.9 Å². The molecule has 2 unspecified atom stereocenters. The Morgan fingerprint density at radius 2 is 2.05 bits per heavy atom. The molecule has 1 aromatic rings. The highest BCUT2D eigenvalue weighted by Crippen LogP contribution is 2.51. The van der Waals surface area contributed by atoms with E-state index in [-0.39, 0.29) is 0 Å². The number of aliphatic hydroxyl groups excluding tert-OH is 1. The van der Waals surface area contributed by atoms with E-state index in [0.29, 0.717) is 0 Å². The molecule has 9 heteroatoms. The van der Waals surface area contributed by atoms with Gasteiger partial charge in [-0.05, 0) is 12.5 Å². The number of hydrogen-bond donors (Lipinski definition) is 3. The first kappa shape index (κ1) is 19.1. The number of para-hydroxylation sites is 1. The Morgan fingerprint density at radius 3 is 2.50 bits per heavy atom. The Balaban J connectivity index is 0.000000287. The molecule has 7 nitrogen and oxygen atoms in total. The molecule has 0 spiro atoms. The van der Waals surface area contributed by atoms with Crippen LogP contribution < -0.4 is 0 Å². The molecule has 0 aromatic heterocycles. The molecule has 0 saturated carbocycles. The van der Waals surface area contributed by atoms with Crippen molar-refractivity contribution >= 4 is 25.0 Å². The molecular weight excluding hydrogens is 329 g/mol. The molecule has 0 amide bonds. The summed E-state index contributed by atoms with van der Waals surface area (Å²) in [4.78, 5) is 27.1. The van der Waals surface area contributed by atoms with Crippen LogP contribution in [0.1, 0.15) is 37.6 Å². The van der Waals surface area contributed by atoms with Crippen molar-refractivity contribution in [1.82, 2.24) is 0 Å². The van der Waals surface area contributed by atoms with Crippen LogP contribution in [0, 0.1) is 10.1 Å². The van der Waals surface area contributed by atoms with Crippen LogP contribution in [-0.4, -0.2) is 30.8 Å². The van der Waals surface area contributed by atoms with Gasteiger partial charge in [-0.25, -0.2) is 0 Å². The summed E-state index contributed by atoms with van der Waals surface area (Å²) >= 11 is 2.11. The number of rotatable bonds is 6. The lowest BCUT2D eigenvalue weighted by atomic mass is 10.2. The largest absolute Gasteiger partial charge is 0.376 e. The van der Waals surface area contributed by atoms with E-state index in [1.54, 1.807) is 0 Å². The molecule has 2 atom stereocenters. The SMILES string of the molecule is CCCCC1CS1.O=[N+]([O-])c1ccccc1C(O)P(=O)(O)O. The van der Waals surface area contributed by atoms with Gasteiger partial charge in [0.1, 0.15) is 0 Å². The maximum Gasteiger partial charge on any atom is 0.358 e.